The first-order valence-electron chi connectivity index (χ1n) is 7.71. The van der Waals surface area contributed by atoms with Crippen LogP contribution in [0.3, 0.4) is 0 Å². The number of nitrogens with one attached hydrogen (secondary N) is 2. The van der Waals surface area contributed by atoms with Crippen molar-refractivity contribution in [2.75, 3.05) is 26.1 Å². The first kappa shape index (κ1) is 18.9. The molecule has 0 spiro atoms. The van der Waals surface area contributed by atoms with Crippen LogP contribution < -0.4 is 20.1 Å². The summed E-state index contributed by atoms with van der Waals surface area (Å²) in [5.41, 5.74) is 1.44. The van der Waals surface area contributed by atoms with E-state index in [1.165, 1.54) is 14.2 Å². The Labute approximate surface area is 151 Å². The van der Waals surface area contributed by atoms with Gasteiger partial charge in [-0.25, -0.2) is 4.79 Å². The minimum atomic E-state index is -0.461. The molecule has 2 rings (SSSR count). The fraction of sp³-hybridized carbons (Fsp3) is 0.278. The first-order chi connectivity index (χ1) is 12.1. The number of anilines is 1. The topological polar surface area (TPSA) is 79.8 Å². The molecule has 6 nitrogen and oxygen atoms in total. The molecule has 134 valence electrons. The van der Waals surface area contributed by atoms with E-state index in [0.717, 1.165) is 5.56 Å². The normalized spacial score (nSPS) is 11.5. The largest absolute Gasteiger partial charge is 0.495 e. The molecule has 0 bridgehead atoms. The maximum absolute atomic E-state index is 12.3. The fourth-order valence-electron chi connectivity index (χ4n) is 2.36. The van der Waals surface area contributed by atoms with Crippen molar-refractivity contribution in [3.05, 3.63) is 53.1 Å². The Balaban J connectivity index is 2.05. The Kier molecular flexibility index (Phi) is 6.91. The summed E-state index contributed by atoms with van der Waals surface area (Å²) in [6, 6.07) is 11.9. The van der Waals surface area contributed by atoms with E-state index in [0.29, 0.717) is 28.6 Å². The van der Waals surface area contributed by atoms with Crippen LogP contribution in [0.1, 0.15) is 5.56 Å². The summed E-state index contributed by atoms with van der Waals surface area (Å²) in [4.78, 5) is 12.3. The zero-order chi connectivity index (χ0) is 18.2. The number of amides is 2. The second-order valence-corrected chi connectivity index (χ2v) is 5.76. The van der Waals surface area contributed by atoms with Gasteiger partial charge in [0.2, 0.25) is 0 Å². The average molecular weight is 365 g/mol. The molecule has 3 N–H and O–H groups in total. The van der Waals surface area contributed by atoms with E-state index < -0.39 is 12.1 Å². The molecule has 25 heavy (non-hydrogen) atoms. The fourth-order valence-corrected chi connectivity index (χ4v) is 2.59. The number of hydrogen-bond donors (Lipinski definition) is 3. The number of aliphatic hydroxyl groups excluding tert-OH is 1. The van der Waals surface area contributed by atoms with E-state index in [2.05, 4.69) is 10.6 Å². The van der Waals surface area contributed by atoms with Crippen molar-refractivity contribution in [1.29, 1.82) is 0 Å². The van der Waals surface area contributed by atoms with E-state index in [-0.39, 0.29) is 6.61 Å². The van der Waals surface area contributed by atoms with Gasteiger partial charge < -0.3 is 25.2 Å². The van der Waals surface area contributed by atoms with Crippen molar-refractivity contribution in [2.24, 2.45) is 0 Å². The van der Waals surface area contributed by atoms with Crippen LogP contribution in [0.2, 0.25) is 5.02 Å². The van der Waals surface area contributed by atoms with Crippen LogP contribution in [-0.4, -0.2) is 38.0 Å². The number of methoxy groups -OCH3 is 2. The van der Waals surface area contributed by atoms with Gasteiger partial charge in [-0.15, -0.1) is 0 Å². The quantitative estimate of drug-likeness (QED) is 0.705. The molecule has 2 aromatic carbocycles. The lowest BCUT2D eigenvalue weighted by atomic mass is 10.1. The molecule has 2 aromatic rings. The van der Waals surface area contributed by atoms with Gasteiger partial charge in [-0.2, -0.15) is 0 Å². The molecule has 0 saturated carbocycles. The van der Waals surface area contributed by atoms with Crippen molar-refractivity contribution >= 4 is 23.3 Å². The number of rotatable bonds is 7. The van der Waals surface area contributed by atoms with Crippen molar-refractivity contribution in [1.82, 2.24) is 5.32 Å². The maximum atomic E-state index is 12.3. The lowest BCUT2D eigenvalue weighted by Gasteiger charge is -2.18. The Hall–Kier alpha value is -2.44. The molecule has 1 unspecified atom stereocenters. The van der Waals surface area contributed by atoms with Crippen molar-refractivity contribution in [3.8, 4) is 11.5 Å². The van der Waals surface area contributed by atoms with E-state index in [9.17, 15) is 9.90 Å². The molecule has 0 radical (unpaired) electrons. The second kappa shape index (κ2) is 9.15. The summed E-state index contributed by atoms with van der Waals surface area (Å²) in [7, 11) is 2.96. The molecule has 7 heteroatoms. The molecule has 0 saturated heterocycles. The number of halogens is 1. The standard InChI is InChI=1S/C18H21ClN2O4/c1-24-16-10-15(17(25-2)9-14(16)19)21-18(23)20-13(11-22)8-12-6-4-3-5-7-12/h3-7,9-10,13,22H,8,11H2,1-2H3,(H2,20,21,23). The lowest BCUT2D eigenvalue weighted by molar-refractivity contribution is 0.224. The third-order valence-corrected chi connectivity index (χ3v) is 3.90. The molecule has 0 aliphatic rings. The monoisotopic (exact) mass is 364 g/mol. The van der Waals surface area contributed by atoms with Crippen LogP contribution in [0.4, 0.5) is 10.5 Å². The average Bonchev–Trinajstić information content (AvgIpc) is 2.63. The highest BCUT2D eigenvalue weighted by molar-refractivity contribution is 6.32. The van der Waals surface area contributed by atoms with E-state index in [4.69, 9.17) is 21.1 Å². The predicted molar refractivity (Wildman–Crippen MR) is 97.7 cm³/mol. The van der Waals surface area contributed by atoms with E-state index in [1.807, 2.05) is 30.3 Å². The first-order valence-corrected chi connectivity index (χ1v) is 8.09. The van der Waals surface area contributed by atoms with E-state index in [1.54, 1.807) is 12.1 Å². The molecule has 1 atom stereocenters. The van der Waals surface area contributed by atoms with Gasteiger partial charge in [-0.3, -0.25) is 0 Å². The van der Waals surface area contributed by atoms with Gasteiger partial charge in [0.15, 0.2) is 0 Å². The molecule has 0 fully saturated rings. The predicted octanol–water partition coefficient (Wildman–Crippen LogP) is 3.08. The number of aliphatic hydroxyl groups is 1. The second-order valence-electron chi connectivity index (χ2n) is 5.35. The summed E-state index contributed by atoms with van der Waals surface area (Å²) < 4.78 is 10.4. The van der Waals surface area contributed by atoms with Crippen LogP contribution in [0.25, 0.3) is 0 Å². The lowest BCUT2D eigenvalue weighted by Crippen LogP contribution is -2.41. The smallest absolute Gasteiger partial charge is 0.319 e. The van der Waals surface area contributed by atoms with Crippen LogP contribution in [0.15, 0.2) is 42.5 Å². The summed E-state index contributed by atoms with van der Waals surface area (Å²) in [5, 5.41) is 15.3. The molecule has 0 aliphatic heterocycles. The van der Waals surface area contributed by atoms with Crippen molar-refractivity contribution in [2.45, 2.75) is 12.5 Å². The highest BCUT2D eigenvalue weighted by atomic mass is 35.5. The molecule has 0 aromatic heterocycles. The van der Waals surface area contributed by atoms with E-state index >= 15 is 0 Å². The van der Waals surface area contributed by atoms with Crippen molar-refractivity contribution < 1.29 is 19.4 Å². The summed E-state index contributed by atoms with van der Waals surface area (Å²) in [5.74, 6) is 0.824. The number of ether oxygens (including phenoxy) is 2. The third kappa shape index (κ3) is 5.27. The van der Waals surface area contributed by atoms with Gasteiger partial charge in [0.05, 0.1) is 37.6 Å². The summed E-state index contributed by atoms with van der Waals surface area (Å²) in [6.07, 6.45) is 0.520. The molecule has 0 aliphatic carbocycles. The zero-order valence-corrected chi connectivity index (χ0v) is 14.8. The highest BCUT2D eigenvalue weighted by Crippen LogP contribution is 2.35. The highest BCUT2D eigenvalue weighted by Gasteiger charge is 2.15. The number of hydrogen-bond acceptors (Lipinski definition) is 4. The van der Waals surface area contributed by atoms with Gasteiger partial charge in [-0.05, 0) is 12.0 Å². The number of carbonyl (C=O) groups excluding carboxylic acids is 1. The molecular formula is C18H21ClN2O4. The van der Waals surface area contributed by atoms with Gasteiger partial charge in [0.25, 0.3) is 0 Å². The Morgan fingerprint density at radius 1 is 1.16 bits per heavy atom. The van der Waals surface area contributed by atoms with Gasteiger partial charge >= 0.3 is 6.03 Å². The van der Waals surface area contributed by atoms with Crippen LogP contribution in [0.5, 0.6) is 11.5 Å². The summed E-state index contributed by atoms with van der Waals surface area (Å²) >= 11 is 6.05. The SMILES string of the molecule is COc1cc(NC(=O)NC(CO)Cc2ccccc2)c(OC)cc1Cl. The maximum Gasteiger partial charge on any atom is 0.319 e. The van der Waals surface area contributed by atoms with Crippen molar-refractivity contribution in [3.63, 3.8) is 0 Å². The van der Waals surface area contributed by atoms with Gasteiger partial charge in [0.1, 0.15) is 11.5 Å². The number of carbonyl (C=O) groups is 1. The Morgan fingerprint density at radius 3 is 2.44 bits per heavy atom. The molecular weight excluding hydrogens is 344 g/mol. The number of urea groups is 1. The van der Waals surface area contributed by atoms with Crippen LogP contribution in [-0.2, 0) is 6.42 Å². The molecule has 2 amide bonds. The molecule has 0 heterocycles. The zero-order valence-electron chi connectivity index (χ0n) is 14.1. The third-order valence-electron chi connectivity index (χ3n) is 3.60. The minimum Gasteiger partial charge on any atom is -0.495 e. The summed E-state index contributed by atoms with van der Waals surface area (Å²) in [6.45, 7) is -0.177. The van der Waals surface area contributed by atoms with Crippen LogP contribution in [0, 0.1) is 0 Å². The minimum absolute atomic E-state index is 0.177. The Bertz CT molecular complexity index is 710. The van der Waals surface area contributed by atoms with Gasteiger partial charge in [0, 0.05) is 12.1 Å². The van der Waals surface area contributed by atoms with Gasteiger partial charge in [-0.1, -0.05) is 41.9 Å². The van der Waals surface area contributed by atoms with Crippen LogP contribution >= 0.6 is 11.6 Å². The number of benzene rings is 2. The Morgan fingerprint density at radius 2 is 1.84 bits per heavy atom.